The van der Waals surface area contributed by atoms with Gasteiger partial charge in [-0.15, -0.1) is 24.0 Å². The zero-order valence-corrected chi connectivity index (χ0v) is 19.2. The van der Waals surface area contributed by atoms with Crippen LogP contribution < -0.4 is 20.1 Å². The fourth-order valence-corrected chi connectivity index (χ4v) is 3.27. The van der Waals surface area contributed by atoms with E-state index in [-0.39, 0.29) is 29.7 Å². The Morgan fingerprint density at radius 1 is 1.26 bits per heavy atom. The third-order valence-corrected chi connectivity index (χ3v) is 5.88. The Balaban J connectivity index is 0.00000364. The van der Waals surface area contributed by atoms with Gasteiger partial charge in [-0.25, -0.2) is 12.7 Å². The van der Waals surface area contributed by atoms with E-state index >= 15 is 0 Å². The van der Waals surface area contributed by atoms with Gasteiger partial charge in [0.15, 0.2) is 17.5 Å². The molecule has 2 rings (SSSR count). The predicted octanol–water partition coefficient (Wildman–Crippen LogP) is 2.12. The third kappa shape index (κ3) is 7.34. The number of rotatable bonds is 7. The minimum absolute atomic E-state index is 0. The number of sulfonamides is 1. The minimum atomic E-state index is -3.13. The Bertz CT molecular complexity index is 728. The van der Waals surface area contributed by atoms with Crippen molar-refractivity contribution in [3.63, 3.8) is 0 Å². The lowest BCUT2D eigenvalue weighted by molar-refractivity contribution is 0.297. The van der Waals surface area contributed by atoms with Crippen molar-refractivity contribution in [3.05, 3.63) is 18.2 Å². The third-order valence-electron chi connectivity index (χ3n) is 4.02. The largest absolute Gasteiger partial charge is 0.490 e. The first kappa shape index (κ1) is 23.8. The van der Waals surface area contributed by atoms with E-state index in [1.807, 2.05) is 18.2 Å². The standard InChI is InChI=1S/C17H28N4O4S.HI/c1-4-26(22,23)21(3)10-5-9-19-17(18-2)20-14-7-8-15-16(13-14)25-12-6-11-24-15;/h7-8,13H,4-6,9-12H2,1-3H3,(H2,18,19,20);1H. The zero-order valence-electron chi connectivity index (χ0n) is 16.0. The van der Waals surface area contributed by atoms with E-state index in [1.165, 1.54) is 4.31 Å². The quantitative estimate of drug-likeness (QED) is 0.252. The predicted molar refractivity (Wildman–Crippen MR) is 119 cm³/mol. The van der Waals surface area contributed by atoms with Crippen LogP contribution in [0.3, 0.4) is 0 Å². The molecule has 0 atom stereocenters. The number of anilines is 1. The maximum atomic E-state index is 11.7. The molecule has 1 aliphatic heterocycles. The van der Waals surface area contributed by atoms with Crippen molar-refractivity contribution in [2.45, 2.75) is 19.8 Å². The summed E-state index contributed by atoms with van der Waals surface area (Å²) in [6, 6.07) is 5.66. The van der Waals surface area contributed by atoms with Crippen LogP contribution >= 0.6 is 24.0 Å². The normalized spacial score (nSPS) is 14.3. The van der Waals surface area contributed by atoms with Crippen LogP contribution in [-0.4, -0.2) is 64.8 Å². The van der Waals surface area contributed by atoms with E-state index in [4.69, 9.17) is 9.47 Å². The highest BCUT2D eigenvalue weighted by Gasteiger charge is 2.14. The number of halogens is 1. The van der Waals surface area contributed by atoms with Crippen LogP contribution in [0.1, 0.15) is 19.8 Å². The molecule has 1 aromatic carbocycles. The Labute approximate surface area is 178 Å². The van der Waals surface area contributed by atoms with Gasteiger partial charge in [0.25, 0.3) is 0 Å². The van der Waals surface area contributed by atoms with Crippen molar-refractivity contribution in [2.24, 2.45) is 4.99 Å². The van der Waals surface area contributed by atoms with Crippen LogP contribution in [0.5, 0.6) is 11.5 Å². The van der Waals surface area contributed by atoms with E-state index in [0.29, 0.717) is 44.4 Å². The first-order valence-electron chi connectivity index (χ1n) is 8.77. The summed E-state index contributed by atoms with van der Waals surface area (Å²) in [7, 11) is 0.157. The summed E-state index contributed by atoms with van der Waals surface area (Å²) < 4.78 is 36.1. The molecule has 0 fully saturated rings. The number of hydrogen-bond acceptors (Lipinski definition) is 5. The molecule has 0 aliphatic carbocycles. The van der Waals surface area contributed by atoms with Crippen LogP contribution in [0.4, 0.5) is 5.69 Å². The maximum absolute atomic E-state index is 11.7. The number of nitrogens with zero attached hydrogens (tertiary/aromatic N) is 2. The van der Waals surface area contributed by atoms with Crippen LogP contribution in [0, 0.1) is 0 Å². The summed E-state index contributed by atoms with van der Waals surface area (Å²) in [5.41, 5.74) is 0.841. The molecule has 0 bridgehead atoms. The van der Waals surface area contributed by atoms with Gasteiger partial charge in [-0.3, -0.25) is 4.99 Å². The number of ether oxygens (including phenoxy) is 2. The number of nitrogens with one attached hydrogen (secondary N) is 2. The average Bonchev–Trinajstić information content (AvgIpc) is 2.88. The van der Waals surface area contributed by atoms with Gasteiger partial charge in [0.05, 0.1) is 19.0 Å². The van der Waals surface area contributed by atoms with Crippen LogP contribution in [-0.2, 0) is 10.0 Å². The SMILES string of the molecule is CCS(=O)(=O)N(C)CCCNC(=NC)Nc1ccc2c(c1)OCCCO2.I. The van der Waals surface area contributed by atoms with E-state index in [2.05, 4.69) is 15.6 Å². The molecule has 0 saturated heterocycles. The number of guanidine groups is 1. The fourth-order valence-electron chi connectivity index (χ4n) is 2.42. The molecular weight excluding hydrogens is 483 g/mol. The first-order chi connectivity index (χ1) is 12.5. The second-order valence-corrected chi connectivity index (χ2v) is 8.28. The lowest BCUT2D eigenvalue weighted by Crippen LogP contribution is -2.34. The van der Waals surface area contributed by atoms with Crippen molar-refractivity contribution in [1.29, 1.82) is 0 Å². The highest BCUT2D eigenvalue weighted by molar-refractivity contribution is 14.0. The van der Waals surface area contributed by atoms with Gasteiger partial charge in [0, 0.05) is 45.4 Å². The Hall–Kier alpha value is -1.27. The van der Waals surface area contributed by atoms with Gasteiger partial charge in [-0.2, -0.15) is 0 Å². The van der Waals surface area contributed by atoms with E-state index in [1.54, 1.807) is 21.0 Å². The highest BCUT2D eigenvalue weighted by Crippen LogP contribution is 2.32. The van der Waals surface area contributed by atoms with E-state index in [9.17, 15) is 8.42 Å². The molecule has 0 saturated carbocycles. The van der Waals surface area contributed by atoms with Crippen LogP contribution in [0.2, 0.25) is 0 Å². The van der Waals surface area contributed by atoms with E-state index in [0.717, 1.165) is 17.9 Å². The maximum Gasteiger partial charge on any atom is 0.213 e. The molecule has 0 aromatic heterocycles. The Morgan fingerprint density at radius 2 is 1.96 bits per heavy atom. The molecule has 27 heavy (non-hydrogen) atoms. The van der Waals surface area contributed by atoms with Gasteiger partial charge in [0.1, 0.15) is 0 Å². The number of benzene rings is 1. The average molecular weight is 512 g/mol. The monoisotopic (exact) mass is 512 g/mol. The number of aliphatic imine (C=N–C) groups is 1. The second-order valence-electron chi connectivity index (χ2n) is 5.91. The van der Waals surface area contributed by atoms with Gasteiger partial charge in [-0.1, -0.05) is 0 Å². The van der Waals surface area contributed by atoms with Crippen LogP contribution in [0.25, 0.3) is 0 Å². The van der Waals surface area contributed by atoms with Crippen molar-refractivity contribution < 1.29 is 17.9 Å². The minimum Gasteiger partial charge on any atom is -0.490 e. The highest BCUT2D eigenvalue weighted by atomic mass is 127. The summed E-state index contributed by atoms with van der Waals surface area (Å²) in [6.07, 6.45) is 1.54. The molecular formula is C17H29IN4O4S. The molecule has 10 heteroatoms. The second kappa shape index (κ2) is 11.5. The molecule has 1 aromatic rings. The molecule has 1 heterocycles. The molecule has 0 amide bonds. The topological polar surface area (TPSA) is 92.3 Å². The molecule has 8 nitrogen and oxygen atoms in total. The smallest absolute Gasteiger partial charge is 0.213 e. The fraction of sp³-hybridized carbons (Fsp3) is 0.588. The Morgan fingerprint density at radius 3 is 2.63 bits per heavy atom. The number of hydrogen-bond donors (Lipinski definition) is 2. The van der Waals surface area contributed by atoms with Gasteiger partial charge >= 0.3 is 0 Å². The van der Waals surface area contributed by atoms with Crippen molar-refractivity contribution in [2.75, 3.05) is 51.5 Å². The molecule has 0 spiro atoms. The van der Waals surface area contributed by atoms with Gasteiger partial charge < -0.3 is 20.1 Å². The summed E-state index contributed by atoms with van der Waals surface area (Å²) in [5, 5.41) is 6.38. The Kier molecular flexibility index (Phi) is 10.2. The van der Waals surface area contributed by atoms with Gasteiger partial charge in [0.2, 0.25) is 10.0 Å². The lowest BCUT2D eigenvalue weighted by Gasteiger charge is -2.17. The molecule has 154 valence electrons. The molecule has 0 unspecified atom stereocenters. The summed E-state index contributed by atoms with van der Waals surface area (Å²) in [4.78, 5) is 4.19. The molecule has 0 radical (unpaired) electrons. The number of fused-ring (bicyclic) bond motifs is 1. The van der Waals surface area contributed by atoms with Crippen molar-refractivity contribution >= 4 is 45.6 Å². The van der Waals surface area contributed by atoms with Crippen molar-refractivity contribution in [3.8, 4) is 11.5 Å². The zero-order chi connectivity index (χ0) is 19.0. The van der Waals surface area contributed by atoms with Crippen molar-refractivity contribution in [1.82, 2.24) is 9.62 Å². The summed E-state index contributed by atoms with van der Waals surface area (Å²) in [5.74, 6) is 2.19. The van der Waals surface area contributed by atoms with Gasteiger partial charge in [-0.05, 0) is 25.5 Å². The first-order valence-corrected chi connectivity index (χ1v) is 10.4. The summed E-state index contributed by atoms with van der Waals surface area (Å²) in [6.45, 7) is 4.01. The molecule has 1 aliphatic rings. The van der Waals surface area contributed by atoms with Crippen LogP contribution in [0.15, 0.2) is 23.2 Å². The lowest BCUT2D eigenvalue weighted by atomic mass is 10.2. The summed E-state index contributed by atoms with van der Waals surface area (Å²) >= 11 is 0. The van der Waals surface area contributed by atoms with E-state index < -0.39 is 10.0 Å². The molecule has 2 N–H and O–H groups in total.